The van der Waals surface area contributed by atoms with Crippen LogP contribution in [0.2, 0.25) is 0 Å². The first kappa shape index (κ1) is 19.8. The van der Waals surface area contributed by atoms with Crippen LogP contribution in [0, 0.1) is 6.92 Å². The van der Waals surface area contributed by atoms with Crippen molar-refractivity contribution in [2.75, 3.05) is 11.4 Å². The number of pyridine rings is 1. The molecule has 0 N–H and O–H groups in total. The lowest BCUT2D eigenvalue weighted by atomic mass is 10.0. The molecular formula is C21H22N4O2S. The number of aryl methyl sites for hydroxylation is 1. The Morgan fingerprint density at radius 1 is 1.18 bits per heavy atom. The zero-order chi connectivity index (χ0) is 19.0. The standard InChI is InChI=1S/C21H20N4O2.H2S/c1-14-5-7-18(8-6-14)24-13-15(2)25-20(21(24)27)17(12-23-25)10-19(26)16-4-3-9-22-11-16;/h3-9,11-12,15H,10,13H2,1-2H3;1H2/t15-;/m0./s1. The van der Waals surface area contributed by atoms with Gasteiger partial charge in [-0.15, -0.1) is 0 Å². The number of Topliss-reactive ketones (excluding diaryl/α,β-unsaturated/α-hetero) is 1. The lowest BCUT2D eigenvalue weighted by Crippen LogP contribution is -2.43. The maximum Gasteiger partial charge on any atom is 0.276 e. The van der Waals surface area contributed by atoms with Crippen molar-refractivity contribution in [3.8, 4) is 0 Å². The van der Waals surface area contributed by atoms with E-state index >= 15 is 0 Å². The lowest BCUT2D eigenvalue weighted by molar-refractivity contribution is 0.0951. The Morgan fingerprint density at radius 3 is 2.61 bits per heavy atom. The molecule has 6 nitrogen and oxygen atoms in total. The summed E-state index contributed by atoms with van der Waals surface area (Å²) in [4.78, 5) is 31.5. The molecule has 3 aromatic rings. The number of rotatable bonds is 4. The van der Waals surface area contributed by atoms with Gasteiger partial charge >= 0.3 is 0 Å². The number of benzene rings is 1. The van der Waals surface area contributed by atoms with Gasteiger partial charge in [-0.05, 0) is 38.1 Å². The SMILES string of the molecule is Cc1ccc(N2C[C@H](C)n3ncc(CC(=O)c4cccnc4)c3C2=O)cc1.S. The summed E-state index contributed by atoms with van der Waals surface area (Å²) in [5, 5.41) is 4.38. The van der Waals surface area contributed by atoms with Gasteiger partial charge in [0.2, 0.25) is 0 Å². The van der Waals surface area contributed by atoms with Gasteiger partial charge in [0.1, 0.15) is 5.69 Å². The molecule has 1 aliphatic heterocycles. The highest BCUT2D eigenvalue weighted by Gasteiger charge is 2.33. The van der Waals surface area contributed by atoms with E-state index in [-0.39, 0.29) is 37.6 Å². The first-order valence-corrected chi connectivity index (χ1v) is 8.92. The molecule has 0 fully saturated rings. The van der Waals surface area contributed by atoms with Crippen LogP contribution in [-0.4, -0.2) is 33.0 Å². The third-order valence-corrected chi connectivity index (χ3v) is 4.86. The van der Waals surface area contributed by atoms with Crippen molar-refractivity contribution in [3.05, 3.63) is 77.4 Å². The van der Waals surface area contributed by atoms with Crippen LogP contribution in [0.5, 0.6) is 0 Å². The molecule has 0 radical (unpaired) electrons. The van der Waals surface area contributed by atoms with E-state index in [1.54, 1.807) is 40.3 Å². The van der Waals surface area contributed by atoms with E-state index < -0.39 is 0 Å². The topological polar surface area (TPSA) is 68.1 Å². The second kappa shape index (κ2) is 7.98. The number of amides is 1. The van der Waals surface area contributed by atoms with Crippen LogP contribution in [0.1, 0.15) is 44.9 Å². The molecule has 1 aromatic carbocycles. The van der Waals surface area contributed by atoms with Gasteiger partial charge in [0.25, 0.3) is 5.91 Å². The second-order valence-corrected chi connectivity index (χ2v) is 6.90. The largest absolute Gasteiger partial charge is 0.305 e. The molecule has 0 spiro atoms. The number of anilines is 1. The van der Waals surface area contributed by atoms with Gasteiger partial charge in [-0.2, -0.15) is 18.6 Å². The molecule has 144 valence electrons. The fourth-order valence-electron chi connectivity index (χ4n) is 3.40. The predicted octanol–water partition coefficient (Wildman–Crippen LogP) is 3.35. The molecular weight excluding hydrogens is 372 g/mol. The van der Waals surface area contributed by atoms with Crippen molar-refractivity contribution in [1.82, 2.24) is 14.8 Å². The highest BCUT2D eigenvalue weighted by Crippen LogP contribution is 2.28. The molecule has 28 heavy (non-hydrogen) atoms. The molecule has 4 rings (SSSR count). The summed E-state index contributed by atoms with van der Waals surface area (Å²) < 4.78 is 1.74. The van der Waals surface area contributed by atoms with Gasteiger partial charge in [0.05, 0.1) is 12.2 Å². The summed E-state index contributed by atoms with van der Waals surface area (Å²) in [6, 6.07) is 11.4. The number of carbonyl (C=O) groups is 2. The van der Waals surface area contributed by atoms with E-state index in [1.807, 2.05) is 38.1 Å². The Labute approximate surface area is 170 Å². The van der Waals surface area contributed by atoms with Crippen molar-refractivity contribution in [2.24, 2.45) is 0 Å². The molecule has 0 bridgehead atoms. The van der Waals surface area contributed by atoms with Crippen molar-refractivity contribution in [2.45, 2.75) is 26.3 Å². The van der Waals surface area contributed by atoms with E-state index in [0.717, 1.165) is 11.3 Å². The normalized spacial score (nSPS) is 15.7. The number of aromatic nitrogens is 3. The van der Waals surface area contributed by atoms with E-state index in [2.05, 4.69) is 10.1 Å². The lowest BCUT2D eigenvalue weighted by Gasteiger charge is -2.32. The van der Waals surface area contributed by atoms with Crippen LogP contribution in [0.15, 0.2) is 55.0 Å². The maximum atomic E-state index is 13.2. The fraction of sp³-hybridized carbons (Fsp3) is 0.238. The van der Waals surface area contributed by atoms with E-state index in [0.29, 0.717) is 23.4 Å². The molecule has 0 saturated heterocycles. The Kier molecular flexibility index (Phi) is 5.65. The summed E-state index contributed by atoms with van der Waals surface area (Å²) in [5.41, 5.74) is 3.67. The molecule has 3 heterocycles. The van der Waals surface area contributed by atoms with Crippen molar-refractivity contribution in [3.63, 3.8) is 0 Å². The Balaban J connectivity index is 0.00000225. The number of carbonyl (C=O) groups excluding carboxylic acids is 2. The Hall–Kier alpha value is -2.93. The van der Waals surface area contributed by atoms with Crippen LogP contribution in [0.4, 0.5) is 5.69 Å². The Bertz CT molecular complexity index is 999. The number of hydrogen-bond acceptors (Lipinski definition) is 4. The van der Waals surface area contributed by atoms with Gasteiger partial charge in [-0.1, -0.05) is 17.7 Å². The molecule has 7 heteroatoms. The molecule has 0 aliphatic carbocycles. The smallest absolute Gasteiger partial charge is 0.276 e. The van der Waals surface area contributed by atoms with Gasteiger partial charge in [-0.25, -0.2) is 0 Å². The van der Waals surface area contributed by atoms with Crippen LogP contribution in [0.3, 0.4) is 0 Å². The zero-order valence-corrected chi connectivity index (χ0v) is 16.8. The summed E-state index contributed by atoms with van der Waals surface area (Å²) in [5.74, 6) is -0.199. The number of nitrogens with zero attached hydrogens (tertiary/aromatic N) is 4. The van der Waals surface area contributed by atoms with Crippen LogP contribution < -0.4 is 4.90 Å². The van der Waals surface area contributed by atoms with E-state index in [9.17, 15) is 9.59 Å². The third kappa shape index (κ3) is 3.57. The first-order chi connectivity index (χ1) is 13.0. The highest BCUT2D eigenvalue weighted by molar-refractivity contribution is 7.59. The Morgan fingerprint density at radius 2 is 1.93 bits per heavy atom. The summed E-state index contributed by atoms with van der Waals surface area (Å²) in [7, 11) is 0. The maximum absolute atomic E-state index is 13.2. The first-order valence-electron chi connectivity index (χ1n) is 8.92. The second-order valence-electron chi connectivity index (χ2n) is 6.90. The average molecular weight is 395 g/mol. The summed E-state index contributed by atoms with van der Waals surface area (Å²) in [6.07, 6.45) is 4.93. The van der Waals surface area contributed by atoms with Crippen molar-refractivity contribution in [1.29, 1.82) is 0 Å². The van der Waals surface area contributed by atoms with Gasteiger partial charge in [0.15, 0.2) is 5.78 Å². The monoisotopic (exact) mass is 394 g/mol. The van der Waals surface area contributed by atoms with Crippen LogP contribution in [0.25, 0.3) is 0 Å². The molecule has 1 atom stereocenters. The predicted molar refractivity (Wildman–Crippen MR) is 112 cm³/mol. The molecule has 0 unspecified atom stereocenters. The van der Waals surface area contributed by atoms with Gasteiger partial charge in [0, 0.05) is 42.2 Å². The summed E-state index contributed by atoms with van der Waals surface area (Å²) in [6.45, 7) is 4.59. The highest BCUT2D eigenvalue weighted by atomic mass is 32.1. The van der Waals surface area contributed by atoms with E-state index in [4.69, 9.17) is 0 Å². The summed E-state index contributed by atoms with van der Waals surface area (Å²) >= 11 is 0. The number of hydrogen-bond donors (Lipinski definition) is 0. The molecule has 2 aromatic heterocycles. The minimum atomic E-state index is -0.122. The molecule has 1 aliphatic rings. The van der Waals surface area contributed by atoms with Gasteiger partial charge < -0.3 is 4.90 Å². The fourth-order valence-corrected chi connectivity index (χ4v) is 3.40. The minimum absolute atomic E-state index is 0. The van der Waals surface area contributed by atoms with Crippen molar-refractivity contribution < 1.29 is 9.59 Å². The quantitative estimate of drug-likeness (QED) is 0.637. The van der Waals surface area contributed by atoms with Crippen LogP contribution in [-0.2, 0) is 6.42 Å². The zero-order valence-electron chi connectivity index (χ0n) is 15.8. The molecule has 1 amide bonds. The van der Waals surface area contributed by atoms with Gasteiger partial charge in [-0.3, -0.25) is 19.3 Å². The van der Waals surface area contributed by atoms with E-state index in [1.165, 1.54) is 0 Å². The third-order valence-electron chi connectivity index (χ3n) is 4.86. The average Bonchev–Trinajstić information content (AvgIpc) is 3.11. The molecule has 0 saturated carbocycles. The van der Waals surface area contributed by atoms with Crippen LogP contribution >= 0.6 is 13.5 Å². The minimum Gasteiger partial charge on any atom is -0.305 e. The number of ketones is 1. The van der Waals surface area contributed by atoms with Crippen molar-refractivity contribution >= 4 is 30.9 Å². The number of fused-ring (bicyclic) bond motifs is 1.